The Labute approximate surface area is 117 Å². The van der Waals surface area contributed by atoms with Crippen molar-refractivity contribution in [1.29, 1.82) is 0 Å². The summed E-state index contributed by atoms with van der Waals surface area (Å²) in [5.41, 5.74) is 8.41. The van der Waals surface area contributed by atoms with Crippen LogP contribution in [0, 0.1) is 12.3 Å². The van der Waals surface area contributed by atoms with E-state index >= 15 is 0 Å². The zero-order valence-corrected chi connectivity index (χ0v) is 12.7. The molecule has 0 spiro atoms. The molecule has 0 bridgehead atoms. The van der Waals surface area contributed by atoms with Crippen molar-refractivity contribution in [3.8, 4) is 0 Å². The van der Waals surface area contributed by atoms with Crippen LogP contribution in [0.3, 0.4) is 0 Å². The summed E-state index contributed by atoms with van der Waals surface area (Å²) in [6.45, 7) is 7.37. The van der Waals surface area contributed by atoms with Crippen LogP contribution in [0.4, 0.5) is 5.82 Å². The van der Waals surface area contributed by atoms with Crippen molar-refractivity contribution in [2.45, 2.75) is 59.0 Å². The summed E-state index contributed by atoms with van der Waals surface area (Å²) in [6, 6.07) is 4.85. The Morgan fingerprint density at radius 1 is 1.32 bits per heavy atom. The summed E-state index contributed by atoms with van der Waals surface area (Å²) in [5, 5.41) is 0. The SMILES string of the molecule is Cc1nc(N(C)C2CCC(C)(C)CC2)ccc1CN. The Bertz CT molecular complexity index is 430. The van der Waals surface area contributed by atoms with Gasteiger partial charge in [0.25, 0.3) is 0 Å². The Hall–Kier alpha value is -1.09. The minimum Gasteiger partial charge on any atom is -0.357 e. The lowest BCUT2D eigenvalue weighted by Crippen LogP contribution is -2.37. The number of hydrogen-bond donors (Lipinski definition) is 1. The van der Waals surface area contributed by atoms with Gasteiger partial charge in [0.05, 0.1) is 0 Å². The van der Waals surface area contributed by atoms with Gasteiger partial charge >= 0.3 is 0 Å². The molecule has 0 unspecified atom stereocenters. The van der Waals surface area contributed by atoms with E-state index in [1.807, 2.05) is 6.92 Å². The lowest BCUT2D eigenvalue weighted by atomic mass is 9.75. The molecule has 1 heterocycles. The normalized spacial score (nSPS) is 19.4. The first-order valence-corrected chi connectivity index (χ1v) is 7.32. The van der Waals surface area contributed by atoms with Gasteiger partial charge in [0, 0.05) is 25.3 Å². The largest absolute Gasteiger partial charge is 0.357 e. The molecule has 1 aliphatic rings. The maximum Gasteiger partial charge on any atom is 0.128 e. The highest BCUT2D eigenvalue weighted by molar-refractivity contribution is 5.42. The molecule has 0 atom stereocenters. The molecular weight excluding hydrogens is 234 g/mol. The minimum absolute atomic E-state index is 0.518. The van der Waals surface area contributed by atoms with Gasteiger partial charge < -0.3 is 10.6 Å². The summed E-state index contributed by atoms with van der Waals surface area (Å²) in [4.78, 5) is 7.05. The lowest BCUT2D eigenvalue weighted by molar-refractivity contribution is 0.222. The first-order valence-electron chi connectivity index (χ1n) is 7.32. The van der Waals surface area contributed by atoms with Crippen LogP contribution in [0.2, 0.25) is 0 Å². The molecule has 1 aromatic rings. The zero-order valence-electron chi connectivity index (χ0n) is 12.7. The van der Waals surface area contributed by atoms with Crippen molar-refractivity contribution < 1.29 is 0 Å². The molecular formula is C16H27N3. The molecule has 0 radical (unpaired) electrons. The lowest BCUT2D eigenvalue weighted by Gasteiger charge is -2.39. The quantitative estimate of drug-likeness (QED) is 0.908. The van der Waals surface area contributed by atoms with Crippen LogP contribution in [0.15, 0.2) is 12.1 Å². The Kier molecular flexibility index (Phi) is 4.14. The molecule has 1 saturated carbocycles. The minimum atomic E-state index is 0.518. The van der Waals surface area contributed by atoms with Crippen molar-refractivity contribution in [3.05, 3.63) is 23.4 Å². The topological polar surface area (TPSA) is 42.2 Å². The number of aromatic nitrogens is 1. The van der Waals surface area contributed by atoms with E-state index in [-0.39, 0.29) is 0 Å². The number of hydrogen-bond acceptors (Lipinski definition) is 3. The highest BCUT2D eigenvalue weighted by atomic mass is 15.2. The van der Waals surface area contributed by atoms with Crippen LogP contribution in [0.1, 0.15) is 50.8 Å². The van der Waals surface area contributed by atoms with Crippen molar-refractivity contribution in [3.63, 3.8) is 0 Å². The van der Waals surface area contributed by atoms with Gasteiger partial charge in [-0.05, 0) is 49.7 Å². The van der Waals surface area contributed by atoms with Crippen LogP contribution in [-0.2, 0) is 6.54 Å². The third-order valence-corrected chi connectivity index (χ3v) is 4.62. The smallest absolute Gasteiger partial charge is 0.128 e. The summed E-state index contributed by atoms with van der Waals surface area (Å²) < 4.78 is 0. The molecule has 0 aromatic carbocycles. The van der Waals surface area contributed by atoms with Gasteiger partial charge in [0.15, 0.2) is 0 Å². The molecule has 19 heavy (non-hydrogen) atoms. The molecule has 2 N–H and O–H groups in total. The third kappa shape index (κ3) is 3.27. The highest BCUT2D eigenvalue weighted by Crippen LogP contribution is 2.37. The summed E-state index contributed by atoms with van der Waals surface area (Å²) >= 11 is 0. The number of rotatable bonds is 3. The third-order valence-electron chi connectivity index (χ3n) is 4.62. The number of nitrogens with two attached hydrogens (primary N) is 1. The van der Waals surface area contributed by atoms with E-state index in [2.05, 4.69) is 37.9 Å². The fourth-order valence-electron chi connectivity index (χ4n) is 2.95. The van der Waals surface area contributed by atoms with E-state index < -0.39 is 0 Å². The second kappa shape index (κ2) is 5.49. The van der Waals surface area contributed by atoms with Gasteiger partial charge in [-0.3, -0.25) is 0 Å². The predicted molar refractivity (Wildman–Crippen MR) is 81.3 cm³/mol. The van der Waals surface area contributed by atoms with Crippen LogP contribution >= 0.6 is 0 Å². The van der Waals surface area contributed by atoms with Crippen LogP contribution < -0.4 is 10.6 Å². The van der Waals surface area contributed by atoms with Crippen molar-refractivity contribution in [2.75, 3.05) is 11.9 Å². The molecule has 0 aliphatic heterocycles. The van der Waals surface area contributed by atoms with Gasteiger partial charge in [-0.25, -0.2) is 4.98 Å². The van der Waals surface area contributed by atoms with Crippen molar-refractivity contribution in [2.24, 2.45) is 11.1 Å². The molecule has 0 saturated heterocycles. The summed E-state index contributed by atoms with van der Waals surface area (Å²) in [7, 11) is 2.17. The van der Waals surface area contributed by atoms with E-state index in [0.717, 1.165) is 17.1 Å². The molecule has 3 nitrogen and oxygen atoms in total. The second-order valence-corrected chi connectivity index (χ2v) is 6.62. The van der Waals surface area contributed by atoms with Crippen molar-refractivity contribution >= 4 is 5.82 Å². The average Bonchev–Trinajstić information content (AvgIpc) is 2.38. The van der Waals surface area contributed by atoms with E-state index in [0.29, 0.717) is 18.0 Å². The van der Waals surface area contributed by atoms with Crippen LogP contribution in [-0.4, -0.2) is 18.1 Å². The summed E-state index contributed by atoms with van der Waals surface area (Å²) in [5.74, 6) is 1.08. The van der Waals surface area contributed by atoms with Gasteiger partial charge in [0.1, 0.15) is 5.82 Å². The van der Waals surface area contributed by atoms with E-state index in [4.69, 9.17) is 10.7 Å². The first-order chi connectivity index (χ1) is 8.93. The Morgan fingerprint density at radius 2 is 1.95 bits per heavy atom. The van der Waals surface area contributed by atoms with E-state index in [1.165, 1.54) is 25.7 Å². The molecule has 3 heteroatoms. The van der Waals surface area contributed by atoms with Crippen LogP contribution in [0.5, 0.6) is 0 Å². The number of anilines is 1. The standard InChI is InChI=1S/C16H27N3/c1-12-13(11-17)5-6-15(18-12)19(4)14-7-9-16(2,3)10-8-14/h5-6,14H,7-11,17H2,1-4H3. The van der Waals surface area contributed by atoms with Gasteiger partial charge in [0.2, 0.25) is 0 Å². The van der Waals surface area contributed by atoms with E-state index in [9.17, 15) is 0 Å². The molecule has 1 aliphatic carbocycles. The van der Waals surface area contributed by atoms with Gasteiger partial charge in [-0.1, -0.05) is 19.9 Å². The fourth-order valence-corrected chi connectivity index (χ4v) is 2.95. The molecule has 1 fully saturated rings. The second-order valence-electron chi connectivity index (χ2n) is 6.62. The number of aryl methyl sites for hydroxylation is 1. The molecule has 2 rings (SSSR count). The molecule has 0 amide bonds. The first kappa shape index (κ1) is 14.3. The van der Waals surface area contributed by atoms with Crippen LogP contribution in [0.25, 0.3) is 0 Å². The molecule has 1 aromatic heterocycles. The summed E-state index contributed by atoms with van der Waals surface area (Å²) in [6.07, 6.45) is 5.15. The van der Waals surface area contributed by atoms with Gasteiger partial charge in [-0.2, -0.15) is 0 Å². The highest BCUT2D eigenvalue weighted by Gasteiger charge is 2.29. The van der Waals surface area contributed by atoms with E-state index in [1.54, 1.807) is 0 Å². The Morgan fingerprint density at radius 3 is 2.47 bits per heavy atom. The predicted octanol–water partition coefficient (Wildman–Crippen LogP) is 3.25. The maximum atomic E-state index is 5.70. The van der Waals surface area contributed by atoms with Crippen molar-refractivity contribution in [1.82, 2.24) is 4.98 Å². The fraction of sp³-hybridized carbons (Fsp3) is 0.688. The average molecular weight is 261 g/mol. The van der Waals surface area contributed by atoms with Gasteiger partial charge in [-0.15, -0.1) is 0 Å². The maximum absolute atomic E-state index is 5.70. The monoisotopic (exact) mass is 261 g/mol. The zero-order chi connectivity index (χ0) is 14.0. The number of pyridine rings is 1. The number of nitrogens with zero attached hydrogens (tertiary/aromatic N) is 2. The molecule has 106 valence electrons. The Balaban J connectivity index is 2.08.